The van der Waals surface area contributed by atoms with Crippen molar-refractivity contribution in [2.24, 2.45) is 0 Å². The number of esters is 1. The predicted octanol–water partition coefficient (Wildman–Crippen LogP) is 3.06. The lowest BCUT2D eigenvalue weighted by atomic mass is 9.93. The molecule has 0 bridgehead atoms. The van der Waals surface area contributed by atoms with Crippen molar-refractivity contribution in [1.29, 1.82) is 0 Å². The van der Waals surface area contributed by atoms with Gasteiger partial charge in [-0.3, -0.25) is 15.0 Å². The van der Waals surface area contributed by atoms with Gasteiger partial charge in [0, 0.05) is 44.0 Å². The molecule has 2 aromatic carbocycles. The van der Waals surface area contributed by atoms with Crippen LogP contribution in [0.25, 0.3) is 0 Å². The van der Waals surface area contributed by atoms with Crippen LogP contribution < -0.4 is 5.32 Å². The third-order valence-electron chi connectivity index (χ3n) is 6.55. The van der Waals surface area contributed by atoms with Gasteiger partial charge < -0.3 is 19.7 Å². The van der Waals surface area contributed by atoms with Crippen molar-refractivity contribution >= 4 is 23.7 Å². The van der Waals surface area contributed by atoms with Gasteiger partial charge in [-0.2, -0.15) is 0 Å². The van der Waals surface area contributed by atoms with E-state index >= 15 is 0 Å². The lowest BCUT2D eigenvalue weighted by Crippen LogP contribution is -2.57. The van der Waals surface area contributed by atoms with Crippen LogP contribution in [0.1, 0.15) is 24.1 Å². The summed E-state index contributed by atoms with van der Waals surface area (Å²) in [5, 5.41) is 14.1. The highest BCUT2D eigenvalue weighted by Crippen LogP contribution is 2.36. The summed E-state index contributed by atoms with van der Waals surface area (Å²) in [6.45, 7) is 3.85. The quantitative estimate of drug-likeness (QED) is 0.308. The summed E-state index contributed by atoms with van der Waals surface area (Å²) < 4.78 is 10.9. The minimum atomic E-state index is -1.22. The number of hydrogen-bond acceptors (Lipinski definition) is 8. The first-order chi connectivity index (χ1) is 18.8. The van der Waals surface area contributed by atoms with Crippen LogP contribution >= 0.6 is 0 Å². The van der Waals surface area contributed by atoms with Crippen LogP contribution in [0.3, 0.4) is 0 Å². The molecule has 2 aromatic rings. The number of urea groups is 2. The van der Waals surface area contributed by atoms with Gasteiger partial charge in [0.05, 0.1) is 23.7 Å². The van der Waals surface area contributed by atoms with Gasteiger partial charge in [0.1, 0.15) is 12.6 Å². The Morgan fingerprint density at radius 2 is 1.87 bits per heavy atom. The molecule has 206 valence electrons. The molecule has 0 aromatic heterocycles. The Bertz CT molecular complexity index is 1260. The molecule has 12 nitrogen and oxygen atoms in total. The molecule has 12 heteroatoms. The average Bonchev–Trinajstić information content (AvgIpc) is 2.93. The van der Waals surface area contributed by atoms with Gasteiger partial charge in [0.25, 0.3) is 5.69 Å². The number of morpholine rings is 1. The first-order valence-corrected chi connectivity index (χ1v) is 12.6. The normalized spacial score (nSPS) is 17.7. The summed E-state index contributed by atoms with van der Waals surface area (Å²) in [7, 11) is 1.90. The number of allylic oxidation sites excluding steroid dienone is 1. The van der Waals surface area contributed by atoms with Crippen LogP contribution in [-0.4, -0.2) is 84.2 Å². The number of amides is 4. The van der Waals surface area contributed by atoms with Crippen molar-refractivity contribution in [2.75, 3.05) is 46.5 Å². The molecule has 0 radical (unpaired) electrons. The van der Waals surface area contributed by atoms with E-state index in [0.29, 0.717) is 26.3 Å². The van der Waals surface area contributed by atoms with E-state index in [2.05, 4.69) is 5.32 Å². The fourth-order valence-corrected chi connectivity index (χ4v) is 4.58. The van der Waals surface area contributed by atoms with Crippen molar-refractivity contribution in [3.05, 3.63) is 87.1 Å². The van der Waals surface area contributed by atoms with E-state index in [1.54, 1.807) is 6.07 Å². The van der Waals surface area contributed by atoms with Gasteiger partial charge in [-0.05, 0) is 25.1 Å². The number of hydrogen-bond donors (Lipinski definition) is 1. The van der Waals surface area contributed by atoms with Gasteiger partial charge in [-0.15, -0.1) is 0 Å². The molecule has 1 fully saturated rings. The van der Waals surface area contributed by atoms with Crippen molar-refractivity contribution in [2.45, 2.75) is 19.5 Å². The van der Waals surface area contributed by atoms with Crippen molar-refractivity contribution < 1.29 is 28.8 Å². The highest BCUT2D eigenvalue weighted by atomic mass is 16.6. The zero-order valence-corrected chi connectivity index (χ0v) is 21.9. The molecule has 4 rings (SSSR count). The van der Waals surface area contributed by atoms with Gasteiger partial charge in [-0.25, -0.2) is 19.3 Å². The highest BCUT2D eigenvalue weighted by Gasteiger charge is 2.44. The number of nitro benzene ring substituents is 1. The highest BCUT2D eigenvalue weighted by molar-refractivity contribution is 6.01. The molecular formula is C27H31N5O7. The number of nitro groups is 1. The van der Waals surface area contributed by atoms with E-state index < -0.39 is 29.0 Å². The second-order valence-electron chi connectivity index (χ2n) is 9.33. The Hall–Kier alpha value is -4.29. The van der Waals surface area contributed by atoms with Crippen LogP contribution in [0.5, 0.6) is 0 Å². The van der Waals surface area contributed by atoms with Crippen LogP contribution in [0, 0.1) is 10.1 Å². The Morgan fingerprint density at radius 3 is 2.56 bits per heavy atom. The number of nitrogens with zero attached hydrogens (tertiary/aromatic N) is 4. The fourth-order valence-electron chi connectivity index (χ4n) is 4.58. The van der Waals surface area contributed by atoms with Crippen molar-refractivity contribution in [3.8, 4) is 0 Å². The number of non-ortho nitro benzene ring substituents is 1. The van der Waals surface area contributed by atoms with Crippen molar-refractivity contribution in [3.63, 3.8) is 0 Å². The lowest BCUT2D eigenvalue weighted by Gasteiger charge is -2.39. The maximum Gasteiger partial charge on any atom is 0.338 e. The fraction of sp³-hybridized carbons (Fsp3) is 0.370. The topological polar surface area (TPSA) is 135 Å². The minimum Gasteiger partial charge on any atom is -0.461 e. The summed E-state index contributed by atoms with van der Waals surface area (Å²) in [6.07, 6.45) is 0. The number of likely N-dealkylation sites (N-methyl/N-ethyl adjacent to an activating group) is 1. The number of imide groups is 1. The van der Waals surface area contributed by atoms with E-state index in [9.17, 15) is 24.5 Å². The van der Waals surface area contributed by atoms with Gasteiger partial charge in [0.15, 0.2) is 0 Å². The second-order valence-corrected chi connectivity index (χ2v) is 9.33. The van der Waals surface area contributed by atoms with Crippen LogP contribution in [0.2, 0.25) is 0 Å². The Kier molecular flexibility index (Phi) is 8.89. The molecule has 0 aliphatic carbocycles. The van der Waals surface area contributed by atoms with Crippen LogP contribution in [-0.2, 0) is 20.8 Å². The maximum absolute atomic E-state index is 13.5. The Morgan fingerprint density at radius 1 is 1.15 bits per heavy atom. The standard InChI is InChI=1S/C27H31N5O7/c1-19-23(25(33)39-16-11-29(2)18-20-7-4-3-5-8-20)24(21-9-6-10-22(17-21)32(36)37)31(26(34)28-19)27(35)30-12-14-38-15-13-30/h3-10,17,24H,11-16,18H2,1-2H3,(H,28,34). The van der Waals surface area contributed by atoms with Gasteiger partial charge in [0.2, 0.25) is 0 Å². The SMILES string of the molecule is CC1=C(C(=O)OCCN(C)Cc2ccccc2)C(c2cccc([N+](=O)[O-])c2)N(C(=O)N2CCOCC2)C(=O)N1. The molecule has 1 N–H and O–H groups in total. The lowest BCUT2D eigenvalue weighted by molar-refractivity contribution is -0.384. The number of benzene rings is 2. The third kappa shape index (κ3) is 6.59. The molecule has 0 saturated carbocycles. The van der Waals surface area contributed by atoms with Gasteiger partial charge in [-0.1, -0.05) is 42.5 Å². The van der Waals surface area contributed by atoms with Crippen LogP contribution in [0.4, 0.5) is 15.3 Å². The minimum absolute atomic E-state index is 0.0300. The number of carbonyl (C=O) groups excluding carboxylic acids is 3. The number of ether oxygens (including phenoxy) is 2. The summed E-state index contributed by atoms with van der Waals surface area (Å²) in [4.78, 5) is 55.4. The molecule has 2 aliphatic rings. The zero-order chi connectivity index (χ0) is 27.9. The molecule has 2 aliphatic heterocycles. The maximum atomic E-state index is 13.5. The third-order valence-corrected chi connectivity index (χ3v) is 6.55. The summed E-state index contributed by atoms with van der Waals surface area (Å²) in [6, 6.07) is 12.8. The predicted molar refractivity (Wildman–Crippen MR) is 140 cm³/mol. The first-order valence-electron chi connectivity index (χ1n) is 12.6. The Balaban J connectivity index is 1.59. The summed E-state index contributed by atoms with van der Waals surface area (Å²) in [5.74, 6) is -0.725. The number of nitrogens with one attached hydrogen (secondary N) is 1. The molecule has 39 heavy (non-hydrogen) atoms. The molecule has 1 atom stereocenters. The van der Waals surface area contributed by atoms with Crippen LogP contribution in [0.15, 0.2) is 65.9 Å². The van der Waals surface area contributed by atoms with E-state index in [4.69, 9.17) is 9.47 Å². The monoisotopic (exact) mass is 537 g/mol. The number of rotatable bonds is 8. The van der Waals surface area contributed by atoms with Gasteiger partial charge >= 0.3 is 18.0 Å². The largest absolute Gasteiger partial charge is 0.461 e. The number of carbonyl (C=O) groups is 3. The zero-order valence-electron chi connectivity index (χ0n) is 21.9. The smallest absolute Gasteiger partial charge is 0.338 e. The van der Waals surface area contributed by atoms with E-state index in [-0.39, 0.29) is 42.2 Å². The summed E-state index contributed by atoms with van der Waals surface area (Å²) >= 11 is 0. The Labute approximate surface area is 225 Å². The van der Waals surface area contributed by atoms with E-state index in [1.165, 1.54) is 30.0 Å². The molecule has 1 unspecified atom stereocenters. The molecule has 0 spiro atoms. The van der Waals surface area contributed by atoms with E-state index in [1.807, 2.05) is 42.3 Å². The molecule has 4 amide bonds. The summed E-state index contributed by atoms with van der Waals surface area (Å²) in [5.41, 5.74) is 1.37. The van der Waals surface area contributed by atoms with E-state index in [0.717, 1.165) is 10.5 Å². The molecule has 1 saturated heterocycles. The average molecular weight is 538 g/mol. The molecule has 2 heterocycles. The second kappa shape index (κ2) is 12.5. The molecular weight excluding hydrogens is 506 g/mol. The first kappa shape index (κ1) is 27.7. The van der Waals surface area contributed by atoms with Crippen molar-refractivity contribution in [1.82, 2.24) is 20.0 Å².